The molecule has 35 heavy (non-hydrogen) atoms. The first-order valence-electron chi connectivity index (χ1n) is 10.3. The molecule has 0 fully saturated rings. The number of halogens is 1. The zero-order chi connectivity index (χ0) is 25.3. The van der Waals surface area contributed by atoms with Crippen LogP contribution in [-0.4, -0.2) is 60.3 Å². The number of H-pyrrole nitrogens is 1. The molecule has 4 rings (SSSR count). The summed E-state index contributed by atoms with van der Waals surface area (Å²) in [6.45, 7) is 3.20. The van der Waals surface area contributed by atoms with E-state index < -0.39 is 26.8 Å². The Hall–Kier alpha value is -3.78. The summed E-state index contributed by atoms with van der Waals surface area (Å²) in [6.07, 6.45) is 5.89. The van der Waals surface area contributed by atoms with Crippen LogP contribution in [0.25, 0.3) is 17.2 Å². The second-order valence-electron chi connectivity index (χ2n) is 7.68. The van der Waals surface area contributed by atoms with Gasteiger partial charge in [0.25, 0.3) is 5.56 Å². The first-order valence-corrected chi connectivity index (χ1v) is 12.3. The molecule has 0 saturated heterocycles. The number of nitrogens with one attached hydrogen (secondary N) is 2. The predicted octanol–water partition coefficient (Wildman–Crippen LogP) is 1.74. The summed E-state index contributed by atoms with van der Waals surface area (Å²) in [5, 5.41) is 11.8. The minimum atomic E-state index is -4.06. The summed E-state index contributed by atoms with van der Waals surface area (Å²) >= 11 is 5.84. The van der Waals surface area contributed by atoms with Crippen molar-refractivity contribution in [3.63, 3.8) is 0 Å². The number of hydrogen-bond acceptors (Lipinski definition) is 9. The van der Waals surface area contributed by atoms with E-state index in [1.807, 2.05) is 0 Å². The highest BCUT2D eigenvalue weighted by molar-refractivity contribution is 7.93. The Bertz CT molecular complexity index is 1510. The Balaban J connectivity index is 1.80. The lowest BCUT2D eigenvalue weighted by Gasteiger charge is -2.20. The maximum atomic E-state index is 13.3. The number of aromatic nitrogens is 8. The van der Waals surface area contributed by atoms with E-state index in [-0.39, 0.29) is 23.2 Å². The van der Waals surface area contributed by atoms with E-state index in [0.29, 0.717) is 16.5 Å². The zero-order valence-electron chi connectivity index (χ0n) is 19.2. The van der Waals surface area contributed by atoms with Crippen molar-refractivity contribution in [3.8, 4) is 23.0 Å². The predicted molar refractivity (Wildman–Crippen MR) is 128 cm³/mol. The highest BCUT2D eigenvalue weighted by atomic mass is 35.5. The molecule has 0 spiro atoms. The highest BCUT2D eigenvalue weighted by Crippen LogP contribution is 2.29. The molecular formula is C20H22ClN9O4S. The van der Waals surface area contributed by atoms with E-state index >= 15 is 0 Å². The molecule has 2 atom stereocenters. The van der Waals surface area contributed by atoms with Crippen molar-refractivity contribution in [3.05, 3.63) is 58.1 Å². The maximum absolute atomic E-state index is 13.3. The lowest BCUT2D eigenvalue weighted by Crippen LogP contribution is -2.32. The van der Waals surface area contributed by atoms with E-state index in [1.54, 1.807) is 30.9 Å². The van der Waals surface area contributed by atoms with Gasteiger partial charge in [-0.05, 0) is 19.1 Å². The minimum absolute atomic E-state index is 0.0138. The molecule has 4 heterocycles. The van der Waals surface area contributed by atoms with Gasteiger partial charge in [-0.25, -0.2) is 18.4 Å². The molecule has 4 aromatic heterocycles. The number of sulfonamides is 1. The first kappa shape index (κ1) is 24.3. The quantitative estimate of drug-likeness (QED) is 0.353. The van der Waals surface area contributed by atoms with Crippen molar-refractivity contribution in [1.29, 1.82) is 0 Å². The van der Waals surface area contributed by atoms with Crippen molar-refractivity contribution in [2.45, 2.75) is 25.0 Å². The van der Waals surface area contributed by atoms with Crippen LogP contribution >= 0.6 is 11.6 Å². The fourth-order valence-electron chi connectivity index (χ4n) is 3.35. The summed E-state index contributed by atoms with van der Waals surface area (Å²) in [4.78, 5) is 23.6. The van der Waals surface area contributed by atoms with Gasteiger partial charge in [0.05, 0.1) is 17.4 Å². The van der Waals surface area contributed by atoms with Gasteiger partial charge >= 0.3 is 0 Å². The smallest absolute Gasteiger partial charge is 0.276 e. The molecular weight excluding hydrogens is 498 g/mol. The second-order valence-corrected chi connectivity index (χ2v) is 10.2. The zero-order valence-corrected chi connectivity index (χ0v) is 20.7. The van der Waals surface area contributed by atoms with Crippen LogP contribution in [-0.2, 0) is 17.1 Å². The monoisotopic (exact) mass is 519 g/mol. The topological polar surface area (TPSA) is 163 Å². The largest absolute Gasteiger partial charge is 0.494 e. The van der Waals surface area contributed by atoms with E-state index in [2.05, 4.69) is 35.0 Å². The number of methoxy groups -OCH3 is 1. The first-order chi connectivity index (χ1) is 16.6. The van der Waals surface area contributed by atoms with Gasteiger partial charge in [0.1, 0.15) is 17.3 Å². The van der Waals surface area contributed by atoms with Crippen molar-refractivity contribution >= 4 is 27.6 Å². The van der Waals surface area contributed by atoms with Gasteiger partial charge < -0.3 is 9.72 Å². The van der Waals surface area contributed by atoms with Crippen molar-refractivity contribution in [2.24, 2.45) is 7.05 Å². The van der Waals surface area contributed by atoms with Crippen LogP contribution in [0, 0.1) is 0 Å². The van der Waals surface area contributed by atoms with Crippen molar-refractivity contribution < 1.29 is 13.2 Å². The molecule has 13 nitrogen and oxygen atoms in total. The van der Waals surface area contributed by atoms with E-state index in [9.17, 15) is 13.2 Å². The Morgan fingerprint density at radius 3 is 2.51 bits per heavy atom. The van der Waals surface area contributed by atoms with Gasteiger partial charge in [-0.2, -0.15) is 5.10 Å². The number of aromatic amines is 1. The van der Waals surface area contributed by atoms with Crippen LogP contribution in [0.3, 0.4) is 0 Å². The number of pyridine rings is 1. The number of hydrogen-bond donors (Lipinski definition) is 2. The molecule has 0 aromatic carbocycles. The van der Waals surface area contributed by atoms with E-state index in [4.69, 9.17) is 16.3 Å². The molecule has 0 aliphatic carbocycles. The summed E-state index contributed by atoms with van der Waals surface area (Å²) in [5.74, 6) is -0.172. The fourth-order valence-corrected chi connectivity index (χ4v) is 4.68. The molecule has 4 aromatic rings. The van der Waals surface area contributed by atoms with Gasteiger partial charge in [-0.1, -0.05) is 18.5 Å². The van der Waals surface area contributed by atoms with Gasteiger partial charge in [-0.15, -0.1) is 10.2 Å². The van der Waals surface area contributed by atoms with Crippen LogP contribution in [0.2, 0.25) is 5.02 Å². The Morgan fingerprint density at radius 1 is 1.17 bits per heavy atom. The number of ether oxygens (including phenoxy) is 1. The molecule has 0 unspecified atom stereocenters. The minimum Gasteiger partial charge on any atom is -0.494 e. The van der Waals surface area contributed by atoms with Crippen LogP contribution in [0.15, 0.2) is 41.7 Å². The van der Waals surface area contributed by atoms with Gasteiger partial charge in [0.2, 0.25) is 16.0 Å². The second kappa shape index (κ2) is 9.46. The lowest BCUT2D eigenvalue weighted by atomic mass is 10.1. The Labute approximate surface area is 205 Å². The standard InChI is InChI=1S/C20H22ClN9O4S/c1-11(17-23-9-13(21)10-24-17)12(2)35(32,33)28-20-26-25-18(14-6-8-29(3)27-14)30(20)16-15(34-4)5-7-22-19(16)31/h5-12H,1-4H3,(H,22,31)(H,26,28)/t11-,12-/m0/s1. The maximum Gasteiger partial charge on any atom is 0.276 e. The average molecular weight is 520 g/mol. The lowest BCUT2D eigenvalue weighted by molar-refractivity contribution is 0.412. The molecule has 2 N–H and O–H groups in total. The molecule has 0 radical (unpaired) electrons. The summed E-state index contributed by atoms with van der Waals surface area (Å²) < 4.78 is 37.3. The molecule has 0 bridgehead atoms. The SMILES string of the molecule is COc1cc[nH]c(=O)c1-n1c(NS(=O)(=O)[C@@H](C)[C@H](C)c2ncc(Cl)cn2)nnc1-c1ccn(C)n1. The highest BCUT2D eigenvalue weighted by Gasteiger charge is 2.32. The van der Waals surface area contributed by atoms with Crippen LogP contribution in [0.1, 0.15) is 25.6 Å². The molecule has 15 heteroatoms. The number of aryl methyl sites for hydroxylation is 1. The molecule has 0 aliphatic heterocycles. The van der Waals surface area contributed by atoms with E-state index in [1.165, 1.54) is 43.3 Å². The third-order valence-electron chi connectivity index (χ3n) is 5.42. The van der Waals surface area contributed by atoms with Crippen LogP contribution in [0.4, 0.5) is 5.95 Å². The molecule has 0 saturated carbocycles. The van der Waals surface area contributed by atoms with Crippen molar-refractivity contribution in [1.82, 2.24) is 39.5 Å². The van der Waals surface area contributed by atoms with E-state index in [0.717, 1.165) is 0 Å². The van der Waals surface area contributed by atoms with Crippen LogP contribution < -0.4 is 15.0 Å². The Morgan fingerprint density at radius 2 is 1.89 bits per heavy atom. The number of anilines is 1. The van der Waals surface area contributed by atoms with Gasteiger partial charge in [0.15, 0.2) is 11.5 Å². The van der Waals surface area contributed by atoms with Crippen LogP contribution in [0.5, 0.6) is 5.75 Å². The van der Waals surface area contributed by atoms with Gasteiger partial charge in [0, 0.05) is 37.8 Å². The van der Waals surface area contributed by atoms with Gasteiger partial charge in [-0.3, -0.25) is 18.8 Å². The third kappa shape index (κ3) is 4.74. The normalized spacial score (nSPS) is 13.4. The van der Waals surface area contributed by atoms with Crippen molar-refractivity contribution in [2.75, 3.05) is 11.8 Å². The molecule has 0 amide bonds. The number of rotatable bonds is 8. The summed E-state index contributed by atoms with van der Waals surface area (Å²) in [7, 11) is -0.957. The molecule has 184 valence electrons. The average Bonchev–Trinajstić information content (AvgIpc) is 3.43. The molecule has 0 aliphatic rings. The summed E-state index contributed by atoms with van der Waals surface area (Å²) in [5.41, 5.74) is -0.190. The summed E-state index contributed by atoms with van der Waals surface area (Å²) in [6, 6.07) is 3.19. The number of nitrogens with zero attached hydrogens (tertiary/aromatic N) is 7. The fraction of sp³-hybridized carbons (Fsp3) is 0.300. The third-order valence-corrected chi connectivity index (χ3v) is 7.47. The Kier molecular flexibility index (Phi) is 6.58.